The Morgan fingerprint density at radius 1 is 1.33 bits per heavy atom. The zero-order valence-electron chi connectivity index (χ0n) is 8.70. The topological polar surface area (TPSA) is 55.1 Å². The van der Waals surface area contributed by atoms with Gasteiger partial charge in [0.15, 0.2) is 0 Å². The fourth-order valence-corrected chi connectivity index (χ4v) is 1.64. The number of rotatable bonds is 4. The van der Waals surface area contributed by atoms with Gasteiger partial charge >= 0.3 is 0 Å². The van der Waals surface area contributed by atoms with Crippen LogP contribution in [-0.4, -0.2) is 12.5 Å². The number of hydrogen-bond donors (Lipinski definition) is 2. The summed E-state index contributed by atoms with van der Waals surface area (Å²) in [6.07, 6.45) is 1.87. The van der Waals surface area contributed by atoms with Crippen LogP contribution >= 0.6 is 0 Å². The number of hydrogen-bond acceptors (Lipinski definition) is 2. The molecule has 15 heavy (non-hydrogen) atoms. The highest BCUT2D eigenvalue weighted by Gasteiger charge is 2.48. The molecule has 0 spiro atoms. The second kappa shape index (κ2) is 4.03. The van der Waals surface area contributed by atoms with Crippen LogP contribution in [0.2, 0.25) is 0 Å². The second-order valence-electron chi connectivity index (χ2n) is 4.15. The molecule has 0 unspecified atom stereocenters. The Bertz CT molecular complexity index is 344. The molecule has 2 rings (SSSR count). The molecular formula is C12H16N2O. The van der Waals surface area contributed by atoms with Gasteiger partial charge in [0.05, 0.1) is 5.41 Å². The summed E-state index contributed by atoms with van der Waals surface area (Å²) in [6.45, 7) is 1.06. The van der Waals surface area contributed by atoms with Crippen molar-refractivity contribution in [2.75, 3.05) is 6.54 Å². The van der Waals surface area contributed by atoms with Gasteiger partial charge in [0, 0.05) is 13.1 Å². The van der Waals surface area contributed by atoms with E-state index in [1.807, 2.05) is 30.3 Å². The lowest BCUT2D eigenvalue weighted by Crippen LogP contribution is -2.36. The Kier molecular flexibility index (Phi) is 2.73. The normalized spacial score (nSPS) is 17.1. The average Bonchev–Trinajstić information content (AvgIpc) is 3.08. The Morgan fingerprint density at radius 3 is 2.53 bits per heavy atom. The first-order chi connectivity index (χ1) is 7.27. The number of benzene rings is 1. The van der Waals surface area contributed by atoms with E-state index in [1.54, 1.807) is 0 Å². The number of nitrogens with two attached hydrogens (primary N) is 1. The fourth-order valence-electron chi connectivity index (χ4n) is 1.64. The number of nitrogens with one attached hydrogen (secondary N) is 1. The number of amides is 1. The van der Waals surface area contributed by atoms with Crippen LogP contribution in [0, 0.1) is 5.41 Å². The van der Waals surface area contributed by atoms with Gasteiger partial charge in [0.1, 0.15) is 0 Å². The van der Waals surface area contributed by atoms with Gasteiger partial charge in [-0.05, 0) is 18.4 Å². The summed E-state index contributed by atoms with van der Waals surface area (Å²) in [6, 6.07) is 9.91. The van der Waals surface area contributed by atoms with Gasteiger partial charge in [-0.1, -0.05) is 30.3 Å². The van der Waals surface area contributed by atoms with Gasteiger partial charge in [-0.25, -0.2) is 0 Å². The molecule has 1 saturated carbocycles. The van der Waals surface area contributed by atoms with Gasteiger partial charge < -0.3 is 11.1 Å². The maximum Gasteiger partial charge on any atom is 0.227 e. The Balaban J connectivity index is 1.86. The monoisotopic (exact) mass is 204 g/mol. The second-order valence-corrected chi connectivity index (χ2v) is 4.15. The summed E-state index contributed by atoms with van der Waals surface area (Å²) in [5.74, 6) is 0.105. The summed E-state index contributed by atoms with van der Waals surface area (Å²) in [4.78, 5) is 11.7. The first-order valence-corrected chi connectivity index (χ1v) is 5.29. The highest BCUT2D eigenvalue weighted by atomic mass is 16.2. The molecule has 3 N–H and O–H groups in total. The van der Waals surface area contributed by atoms with E-state index < -0.39 is 0 Å². The quantitative estimate of drug-likeness (QED) is 0.770. The summed E-state index contributed by atoms with van der Waals surface area (Å²) in [5.41, 5.74) is 6.46. The fraction of sp³-hybridized carbons (Fsp3) is 0.417. The highest BCUT2D eigenvalue weighted by Crippen LogP contribution is 2.44. The predicted molar refractivity (Wildman–Crippen MR) is 59.0 cm³/mol. The molecule has 0 saturated heterocycles. The van der Waals surface area contributed by atoms with Crippen LogP contribution < -0.4 is 11.1 Å². The van der Waals surface area contributed by atoms with Crippen molar-refractivity contribution in [3.05, 3.63) is 35.9 Å². The van der Waals surface area contributed by atoms with Crippen molar-refractivity contribution in [1.82, 2.24) is 5.32 Å². The lowest BCUT2D eigenvalue weighted by molar-refractivity contribution is -0.126. The standard InChI is InChI=1S/C12H16N2O/c13-9-12(6-7-12)11(15)14-8-10-4-2-1-3-5-10/h1-5H,6-9,13H2,(H,14,15). The molecule has 1 aromatic carbocycles. The third-order valence-corrected chi connectivity index (χ3v) is 3.02. The minimum absolute atomic E-state index is 0.105. The summed E-state index contributed by atoms with van der Waals surface area (Å²) >= 11 is 0. The lowest BCUT2D eigenvalue weighted by atomic mass is 10.1. The molecule has 1 fully saturated rings. The lowest BCUT2D eigenvalue weighted by Gasteiger charge is -2.12. The third kappa shape index (κ3) is 2.18. The molecule has 3 heteroatoms. The van der Waals surface area contributed by atoms with Gasteiger partial charge in [0.2, 0.25) is 5.91 Å². The van der Waals surface area contributed by atoms with E-state index in [0.29, 0.717) is 13.1 Å². The van der Waals surface area contributed by atoms with E-state index in [0.717, 1.165) is 18.4 Å². The van der Waals surface area contributed by atoms with Crippen LogP contribution in [0.15, 0.2) is 30.3 Å². The molecule has 1 amide bonds. The maximum atomic E-state index is 11.7. The minimum atomic E-state index is -0.241. The van der Waals surface area contributed by atoms with Gasteiger partial charge in [0.25, 0.3) is 0 Å². The largest absolute Gasteiger partial charge is 0.352 e. The van der Waals surface area contributed by atoms with Crippen LogP contribution in [0.5, 0.6) is 0 Å². The van der Waals surface area contributed by atoms with Crippen LogP contribution in [0.25, 0.3) is 0 Å². The number of carbonyl (C=O) groups is 1. The molecule has 0 bridgehead atoms. The van der Waals surface area contributed by atoms with Crippen LogP contribution in [-0.2, 0) is 11.3 Å². The molecular weight excluding hydrogens is 188 g/mol. The zero-order valence-corrected chi connectivity index (χ0v) is 8.70. The van der Waals surface area contributed by atoms with Crippen molar-refractivity contribution in [3.63, 3.8) is 0 Å². The molecule has 80 valence electrons. The van der Waals surface area contributed by atoms with E-state index >= 15 is 0 Å². The van der Waals surface area contributed by atoms with Crippen molar-refractivity contribution < 1.29 is 4.79 Å². The SMILES string of the molecule is NCC1(C(=O)NCc2ccccc2)CC1. The molecule has 3 nitrogen and oxygen atoms in total. The Labute approximate surface area is 89.7 Å². The molecule has 0 atom stereocenters. The highest BCUT2D eigenvalue weighted by molar-refractivity contribution is 5.85. The first kappa shape index (κ1) is 10.2. The van der Waals surface area contributed by atoms with Crippen molar-refractivity contribution in [3.8, 4) is 0 Å². The van der Waals surface area contributed by atoms with Gasteiger partial charge in [-0.3, -0.25) is 4.79 Å². The Morgan fingerprint density at radius 2 is 2.00 bits per heavy atom. The van der Waals surface area contributed by atoms with Crippen molar-refractivity contribution in [2.24, 2.45) is 11.1 Å². The molecule has 1 aliphatic rings. The zero-order chi connectivity index (χ0) is 10.7. The number of carbonyl (C=O) groups excluding carboxylic acids is 1. The Hall–Kier alpha value is -1.35. The van der Waals surface area contributed by atoms with E-state index in [2.05, 4.69) is 5.32 Å². The van der Waals surface area contributed by atoms with Crippen LogP contribution in [0.4, 0.5) is 0 Å². The molecule has 0 radical (unpaired) electrons. The predicted octanol–water partition coefficient (Wildman–Crippen LogP) is 1.04. The molecule has 1 aromatic rings. The molecule has 0 heterocycles. The van der Waals surface area contributed by atoms with Crippen LogP contribution in [0.1, 0.15) is 18.4 Å². The van der Waals surface area contributed by atoms with Crippen molar-refractivity contribution in [2.45, 2.75) is 19.4 Å². The van der Waals surface area contributed by atoms with Crippen molar-refractivity contribution >= 4 is 5.91 Å². The minimum Gasteiger partial charge on any atom is -0.352 e. The summed E-state index contributed by atoms with van der Waals surface area (Å²) in [5, 5.41) is 2.93. The van der Waals surface area contributed by atoms with Crippen LogP contribution in [0.3, 0.4) is 0 Å². The summed E-state index contributed by atoms with van der Waals surface area (Å²) < 4.78 is 0. The van der Waals surface area contributed by atoms with Gasteiger partial charge in [-0.15, -0.1) is 0 Å². The average molecular weight is 204 g/mol. The van der Waals surface area contributed by atoms with Crippen molar-refractivity contribution in [1.29, 1.82) is 0 Å². The molecule has 0 aromatic heterocycles. The third-order valence-electron chi connectivity index (χ3n) is 3.02. The van der Waals surface area contributed by atoms with E-state index in [4.69, 9.17) is 5.73 Å². The smallest absolute Gasteiger partial charge is 0.227 e. The van der Waals surface area contributed by atoms with E-state index in [9.17, 15) is 4.79 Å². The summed E-state index contributed by atoms with van der Waals surface area (Å²) in [7, 11) is 0. The van der Waals surface area contributed by atoms with E-state index in [1.165, 1.54) is 0 Å². The maximum absolute atomic E-state index is 11.7. The first-order valence-electron chi connectivity index (χ1n) is 5.29. The molecule has 1 aliphatic carbocycles. The molecule has 0 aliphatic heterocycles. The van der Waals surface area contributed by atoms with Gasteiger partial charge in [-0.2, -0.15) is 0 Å². The van der Waals surface area contributed by atoms with E-state index in [-0.39, 0.29) is 11.3 Å².